The summed E-state index contributed by atoms with van der Waals surface area (Å²) in [5, 5.41) is 22.5. The molecule has 0 aliphatic carbocycles. The average Bonchev–Trinajstić information content (AvgIpc) is 3.38. The zero-order chi connectivity index (χ0) is 25.3. The van der Waals surface area contributed by atoms with Crippen molar-refractivity contribution in [2.24, 2.45) is 11.8 Å². The molecule has 8 heteroatoms. The number of aromatic nitrogens is 1. The molecular weight excluding hydrogens is 450 g/mol. The SMILES string of the molecule is COc1cc(C(=O)N2[C@@H](c3nccs3)[C@H](CC#N)C[C@@]2(CC(C)C)C(=O)O)ccc1C(C)(C)C. The minimum absolute atomic E-state index is 0.0296. The smallest absolute Gasteiger partial charge is 0.329 e. The molecule has 3 rings (SSSR count). The van der Waals surface area contributed by atoms with E-state index in [2.05, 4.69) is 31.8 Å². The van der Waals surface area contributed by atoms with Gasteiger partial charge in [-0.15, -0.1) is 11.3 Å². The van der Waals surface area contributed by atoms with E-state index in [4.69, 9.17) is 4.74 Å². The predicted octanol–water partition coefficient (Wildman–Crippen LogP) is 5.44. The van der Waals surface area contributed by atoms with Crippen LogP contribution in [-0.4, -0.2) is 39.5 Å². The molecule has 1 aliphatic heterocycles. The molecule has 1 aliphatic rings. The number of likely N-dealkylation sites (tertiary alicyclic amines) is 1. The minimum atomic E-state index is -1.43. The average molecular weight is 484 g/mol. The summed E-state index contributed by atoms with van der Waals surface area (Å²) in [5.41, 5.74) is -0.305. The van der Waals surface area contributed by atoms with E-state index < -0.39 is 17.6 Å². The number of nitriles is 1. The summed E-state index contributed by atoms with van der Waals surface area (Å²) in [6.07, 6.45) is 2.29. The van der Waals surface area contributed by atoms with E-state index in [1.165, 1.54) is 16.2 Å². The van der Waals surface area contributed by atoms with Crippen molar-refractivity contribution in [3.05, 3.63) is 45.9 Å². The number of nitrogens with zero attached hydrogens (tertiary/aromatic N) is 3. The summed E-state index contributed by atoms with van der Waals surface area (Å²) in [6, 6.07) is 6.92. The molecule has 0 spiro atoms. The number of ether oxygens (including phenoxy) is 1. The highest BCUT2D eigenvalue weighted by Gasteiger charge is 2.59. The van der Waals surface area contributed by atoms with Gasteiger partial charge in [-0.25, -0.2) is 9.78 Å². The molecule has 0 saturated carbocycles. The molecule has 1 saturated heterocycles. The van der Waals surface area contributed by atoms with Crippen LogP contribution in [0.15, 0.2) is 29.8 Å². The van der Waals surface area contributed by atoms with E-state index in [-0.39, 0.29) is 42.4 Å². The maximum atomic E-state index is 14.1. The number of hydrogen-bond acceptors (Lipinski definition) is 6. The summed E-state index contributed by atoms with van der Waals surface area (Å²) in [4.78, 5) is 32.9. The van der Waals surface area contributed by atoms with Gasteiger partial charge in [0.15, 0.2) is 0 Å². The highest BCUT2D eigenvalue weighted by atomic mass is 32.1. The number of methoxy groups -OCH3 is 1. The number of carbonyl (C=O) groups excluding carboxylic acids is 1. The second kappa shape index (κ2) is 9.75. The number of carboxylic acids is 1. The third kappa shape index (κ3) is 4.67. The zero-order valence-corrected chi connectivity index (χ0v) is 21.5. The molecule has 182 valence electrons. The van der Waals surface area contributed by atoms with Gasteiger partial charge < -0.3 is 14.7 Å². The molecule has 1 amide bonds. The lowest BCUT2D eigenvalue weighted by atomic mass is 9.83. The fraction of sp³-hybridized carbons (Fsp3) is 0.538. The van der Waals surface area contributed by atoms with Crippen molar-refractivity contribution in [2.75, 3.05) is 7.11 Å². The van der Waals surface area contributed by atoms with Crippen molar-refractivity contribution < 1.29 is 19.4 Å². The Kier molecular flexibility index (Phi) is 7.37. The number of thiazole rings is 1. The number of aliphatic carboxylic acids is 1. The van der Waals surface area contributed by atoms with Crippen LogP contribution in [0, 0.1) is 23.2 Å². The van der Waals surface area contributed by atoms with Gasteiger partial charge in [0, 0.05) is 29.5 Å². The van der Waals surface area contributed by atoms with Crippen LogP contribution >= 0.6 is 11.3 Å². The first-order valence-electron chi connectivity index (χ1n) is 11.5. The Morgan fingerprint density at radius 2 is 2.09 bits per heavy atom. The zero-order valence-electron chi connectivity index (χ0n) is 20.7. The number of hydrogen-bond donors (Lipinski definition) is 1. The monoisotopic (exact) mass is 483 g/mol. The van der Waals surface area contributed by atoms with Crippen molar-refractivity contribution in [1.82, 2.24) is 9.88 Å². The van der Waals surface area contributed by atoms with E-state index in [9.17, 15) is 20.0 Å². The number of benzene rings is 1. The lowest BCUT2D eigenvalue weighted by Crippen LogP contribution is -2.54. The van der Waals surface area contributed by atoms with Crippen LogP contribution in [0.2, 0.25) is 0 Å². The lowest BCUT2D eigenvalue weighted by molar-refractivity contribution is -0.150. The second-order valence-corrected chi connectivity index (χ2v) is 11.3. The van der Waals surface area contributed by atoms with Crippen molar-refractivity contribution in [3.8, 4) is 11.8 Å². The number of amides is 1. The molecule has 1 fully saturated rings. The van der Waals surface area contributed by atoms with Crippen LogP contribution < -0.4 is 4.74 Å². The van der Waals surface area contributed by atoms with Gasteiger partial charge in [-0.05, 0) is 41.9 Å². The highest BCUT2D eigenvalue weighted by molar-refractivity contribution is 7.09. The van der Waals surface area contributed by atoms with Gasteiger partial charge in [-0.3, -0.25) is 4.79 Å². The summed E-state index contributed by atoms with van der Waals surface area (Å²) in [7, 11) is 1.57. The maximum absolute atomic E-state index is 14.1. The fourth-order valence-electron chi connectivity index (χ4n) is 5.15. The molecule has 1 N–H and O–H groups in total. The summed E-state index contributed by atoms with van der Waals surface area (Å²) in [5.74, 6) is -1.15. The second-order valence-electron chi connectivity index (χ2n) is 10.4. The third-order valence-electron chi connectivity index (χ3n) is 6.46. The van der Waals surface area contributed by atoms with Crippen LogP contribution in [0.3, 0.4) is 0 Å². The minimum Gasteiger partial charge on any atom is -0.496 e. The Balaban J connectivity index is 2.21. The molecular formula is C26H33N3O4S. The van der Waals surface area contributed by atoms with E-state index in [0.717, 1.165) is 5.56 Å². The molecule has 2 heterocycles. The summed E-state index contributed by atoms with van der Waals surface area (Å²) in [6.45, 7) is 10.1. The Morgan fingerprint density at radius 3 is 2.59 bits per heavy atom. The largest absolute Gasteiger partial charge is 0.496 e. The molecule has 0 bridgehead atoms. The summed E-state index contributed by atoms with van der Waals surface area (Å²) >= 11 is 1.38. The fourth-order valence-corrected chi connectivity index (χ4v) is 5.97. The Hall–Kier alpha value is -2.92. The molecule has 0 radical (unpaired) electrons. The van der Waals surface area contributed by atoms with Gasteiger partial charge in [0.05, 0.1) is 19.2 Å². The first-order chi connectivity index (χ1) is 16.0. The van der Waals surface area contributed by atoms with Crippen LogP contribution in [-0.2, 0) is 10.2 Å². The quantitative estimate of drug-likeness (QED) is 0.563. The van der Waals surface area contributed by atoms with Crippen molar-refractivity contribution in [3.63, 3.8) is 0 Å². The van der Waals surface area contributed by atoms with Crippen molar-refractivity contribution >= 4 is 23.2 Å². The molecule has 3 atom stereocenters. The number of carboxylic acid groups (broad SMARTS) is 1. The Labute approximate surface area is 205 Å². The third-order valence-corrected chi connectivity index (χ3v) is 7.31. The van der Waals surface area contributed by atoms with Gasteiger partial charge in [0.2, 0.25) is 0 Å². The van der Waals surface area contributed by atoms with Crippen LogP contribution in [0.5, 0.6) is 5.75 Å². The predicted molar refractivity (Wildman–Crippen MR) is 131 cm³/mol. The molecule has 1 aromatic heterocycles. The Bertz CT molecular complexity index is 1080. The van der Waals surface area contributed by atoms with Crippen LogP contribution in [0.1, 0.15) is 80.9 Å². The molecule has 34 heavy (non-hydrogen) atoms. The molecule has 7 nitrogen and oxygen atoms in total. The van der Waals surface area contributed by atoms with Crippen LogP contribution in [0.4, 0.5) is 0 Å². The first kappa shape index (κ1) is 25.7. The highest BCUT2D eigenvalue weighted by Crippen LogP contribution is 2.52. The molecule has 2 aromatic rings. The van der Waals surface area contributed by atoms with E-state index >= 15 is 0 Å². The lowest BCUT2D eigenvalue weighted by Gasteiger charge is -2.39. The van der Waals surface area contributed by atoms with Gasteiger partial charge in [0.1, 0.15) is 16.3 Å². The van der Waals surface area contributed by atoms with Gasteiger partial charge in [-0.1, -0.05) is 40.7 Å². The van der Waals surface area contributed by atoms with Crippen LogP contribution in [0.25, 0.3) is 0 Å². The normalized spacial score (nSPS) is 22.6. The topological polar surface area (TPSA) is 104 Å². The first-order valence-corrected chi connectivity index (χ1v) is 12.4. The van der Waals surface area contributed by atoms with E-state index in [1.54, 1.807) is 25.4 Å². The van der Waals surface area contributed by atoms with E-state index in [0.29, 0.717) is 16.3 Å². The standard InChI is InChI=1S/C26H33N3O4S/c1-16(2)14-26(24(31)32)15-18(9-10-27)21(22-28-11-12-34-22)29(26)23(30)17-7-8-19(25(3,4)5)20(13-17)33-6/h7-8,11-13,16,18,21H,9,14-15H2,1-6H3,(H,31,32)/t18-,21-,26+/m1/s1. The maximum Gasteiger partial charge on any atom is 0.329 e. The van der Waals surface area contributed by atoms with Gasteiger partial charge in [0.25, 0.3) is 5.91 Å². The molecule has 1 aromatic carbocycles. The molecule has 0 unspecified atom stereocenters. The number of rotatable bonds is 7. The van der Waals surface area contributed by atoms with Crippen molar-refractivity contribution in [1.29, 1.82) is 5.26 Å². The summed E-state index contributed by atoms with van der Waals surface area (Å²) < 4.78 is 5.61. The van der Waals surface area contributed by atoms with Gasteiger partial charge in [-0.2, -0.15) is 5.26 Å². The number of carbonyl (C=O) groups is 2. The van der Waals surface area contributed by atoms with Crippen molar-refractivity contribution in [2.45, 2.75) is 70.9 Å². The Morgan fingerprint density at radius 1 is 1.38 bits per heavy atom. The van der Waals surface area contributed by atoms with E-state index in [1.807, 2.05) is 25.3 Å². The van der Waals surface area contributed by atoms with Gasteiger partial charge >= 0.3 is 5.97 Å².